The number of aliphatic hydroxyl groups excluding tert-OH is 11. The Labute approximate surface area is 537 Å². The molecule has 89 heavy (non-hydrogen) atoms. The van der Waals surface area contributed by atoms with Crippen molar-refractivity contribution < 1.29 is 89.4 Å². The smallest absolute Gasteiger partial charge is 0.220 e. The third-order valence-electron chi connectivity index (χ3n) is 18.3. The first-order valence-electron chi connectivity index (χ1n) is 36.1. The van der Waals surface area contributed by atoms with E-state index in [0.717, 1.165) is 77.0 Å². The van der Waals surface area contributed by atoms with E-state index in [1.807, 2.05) is 0 Å². The Morgan fingerprint density at radius 2 is 0.742 bits per heavy atom. The molecule has 0 aromatic carbocycles. The average molecular weight is 1270 g/mol. The summed E-state index contributed by atoms with van der Waals surface area (Å²) in [4.78, 5) is 13.4. The highest BCUT2D eigenvalue weighted by atomic mass is 16.8. The summed E-state index contributed by atoms with van der Waals surface area (Å²) < 4.78 is 34.4. The number of unbranched alkanes of at least 4 members (excludes halogenated alkanes) is 36. The second kappa shape index (κ2) is 52.5. The topological polar surface area (TPSA) is 307 Å². The van der Waals surface area contributed by atoms with E-state index in [0.29, 0.717) is 12.8 Å². The van der Waals surface area contributed by atoms with E-state index in [-0.39, 0.29) is 18.9 Å². The van der Waals surface area contributed by atoms with E-state index >= 15 is 0 Å². The molecule has 0 spiro atoms. The number of ether oxygens (including phenoxy) is 6. The molecule has 12 N–H and O–H groups in total. The van der Waals surface area contributed by atoms with Gasteiger partial charge in [0, 0.05) is 6.42 Å². The fraction of sp³-hybridized carbons (Fsp3) is 0.929. The first kappa shape index (κ1) is 81.5. The van der Waals surface area contributed by atoms with Crippen LogP contribution in [-0.4, -0.2) is 193 Å². The van der Waals surface area contributed by atoms with Crippen LogP contribution in [0.25, 0.3) is 0 Å². The Morgan fingerprint density at radius 1 is 0.404 bits per heavy atom. The van der Waals surface area contributed by atoms with Crippen molar-refractivity contribution in [3.8, 4) is 0 Å². The van der Waals surface area contributed by atoms with E-state index in [1.165, 1.54) is 173 Å². The molecule has 17 unspecified atom stereocenters. The van der Waals surface area contributed by atoms with Crippen molar-refractivity contribution in [3.05, 3.63) is 24.3 Å². The summed E-state index contributed by atoms with van der Waals surface area (Å²) in [6.07, 6.45) is 32.6. The minimum atomic E-state index is -1.97. The Morgan fingerprint density at radius 3 is 1.17 bits per heavy atom. The van der Waals surface area contributed by atoms with E-state index in [4.69, 9.17) is 28.4 Å². The molecule has 17 atom stereocenters. The lowest BCUT2D eigenvalue weighted by Crippen LogP contribution is -2.66. The minimum absolute atomic E-state index is 0.248. The molecule has 3 rings (SSSR count). The van der Waals surface area contributed by atoms with Gasteiger partial charge in [0.2, 0.25) is 5.91 Å². The van der Waals surface area contributed by atoms with E-state index < -0.39 is 124 Å². The van der Waals surface area contributed by atoms with Gasteiger partial charge in [0.05, 0.1) is 38.6 Å². The Balaban J connectivity index is 1.40. The van der Waals surface area contributed by atoms with Crippen LogP contribution in [0.5, 0.6) is 0 Å². The number of amides is 1. The van der Waals surface area contributed by atoms with Gasteiger partial charge < -0.3 is 89.9 Å². The first-order valence-corrected chi connectivity index (χ1v) is 36.1. The molecule has 0 aromatic heterocycles. The van der Waals surface area contributed by atoms with Crippen molar-refractivity contribution in [2.24, 2.45) is 0 Å². The van der Waals surface area contributed by atoms with Gasteiger partial charge in [0.15, 0.2) is 18.9 Å². The quantitative estimate of drug-likeness (QED) is 0.0199. The number of nitrogens with one attached hydrogen (secondary N) is 1. The molecule has 3 heterocycles. The van der Waals surface area contributed by atoms with Crippen LogP contribution < -0.4 is 5.32 Å². The van der Waals surface area contributed by atoms with Crippen LogP contribution in [0.15, 0.2) is 24.3 Å². The Bertz CT molecular complexity index is 1710. The van der Waals surface area contributed by atoms with Gasteiger partial charge in [0.25, 0.3) is 0 Å². The van der Waals surface area contributed by atoms with Crippen molar-refractivity contribution in [1.29, 1.82) is 0 Å². The average Bonchev–Trinajstić information content (AvgIpc) is 2.22. The predicted octanol–water partition coefficient (Wildman–Crippen LogP) is 9.83. The normalized spacial score (nSPS) is 28.3. The maximum Gasteiger partial charge on any atom is 0.220 e. The molecule has 0 aromatic rings. The van der Waals surface area contributed by atoms with E-state index in [1.54, 1.807) is 0 Å². The van der Waals surface area contributed by atoms with Crippen LogP contribution in [0.3, 0.4) is 0 Å². The van der Waals surface area contributed by atoms with Crippen LogP contribution in [0.2, 0.25) is 0 Å². The number of rotatable bonds is 56. The van der Waals surface area contributed by atoms with Gasteiger partial charge in [-0.2, -0.15) is 0 Å². The largest absolute Gasteiger partial charge is 0.394 e. The summed E-state index contributed by atoms with van der Waals surface area (Å²) >= 11 is 0. The number of carbonyl (C=O) groups is 1. The zero-order valence-corrected chi connectivity index (χ0v) is 55.4. The standard InChI is InChI=1S/C70H131NO18/c1-3-5-7-9-11-13-15-17-19-21-22-23-24-25-26-27-28-29-30-32-33-35-37-39-41-43-45-47-54(75)53(71-58(76)48-46-44-42-40-38-36-34-31-20-18-16-14-12-10-8-6-4-2)52-84-68-64(82)61(79)66(56(50-73)86-68)89-70-65(83)62(80)67(57(51-74)87-70)88-69-63(81)60(78)59(77)55(49-72)85-69/h12,14,18,20,53-57,59-70,72-75,77-83H,3-11,13,15-17,19,21-52H2,1-2H3,(H,71,76)/b14-12-,20-18-. The fourth-order valence-corrected chi connectivity index (χ4v) is 12.4. The third-order valence-corrected chi connectivity index (χ3v) is 18.3. The van der Waals surface area contributed by atoms with Gasteiger partial charge in [-0.05, 0) is 44.9 Å². The summed E-state index contributed by atoms with van der Waals surface area (Å²) in [7, 11) is 0. The molecule has 3 aliphatic heterocycles. The minimum Gasteiger partial charge on any atom is -0.394 e. The zero-order valence-electron chi connectivity index (χ0n) is 55.4. The fourth-order valence-electron chi connectivity index (χ4n) is 12.4. The lowest BCUT2D eigenvalue weighted by molar-refractivity contribution is -0.379. The molecule has 0 bridgehead atoms. The van der Waals surface area contributed by atoms with E-state index in [2.05, 4.69) is 43.5 Å². The molecule has 0 radical (unpaired) electrons. The summed E-state index contributed by atoms with van der Waals surface area (Å²) in [5, 5.41) is 121. The molecule has 0 aliphatic carbocycles. The van der Waals surface area contributed by atoms with Gasteiger partial charge >= 0.3 is 0 Å². The van der Waals surface area contributed by atoms with Gasteiger partial charge in [-0.1, -0.05) is 256 Å². The van der Waals surface area contributed by atoms with Gasteiger partial charge in [-0.25, -0.2) is 0 Å². The molecule has 3 aliphatic rings. The second-order valence-corrected chi connectivity index (χ2v) is 26.1. The van der Waals surface area contributed by atoms with Crippen LogP contribution >= 0.6 is 0 Å². The maximum atomic E-state index is 13.4. The molecule has 524 valence electrons. The second-order valence-electron chi connectivity index (χ2n) is 26.1. The molecule has 0 saturated carbocycles. The summed E-state index contributed by atoms with van der Waals surface area (Å²) in [5.41, 5.74) is 0. The van der Waals surface area contributed by atoms with E-state index in [9.17, 15) is 61.0 Å². The first-order chi connectivity index (χ1) is 43.3. The highest BCUT2D eigenvalue weighted by Gasteiger charge is 2.53. The van der Waals surface area contributed by atoms with Crippen LogP contribution in [0, 0.1) is 0 Å². The maximum absolute atomic E-state index is 13.4. The summed E-state index contributed by atoms with van der Waals surface area (Å²) in [6.45, 7) is 1.80. The molecular weight excluding hydrogens is 1140 g/mol. The lowest BCUT2D eigenvalue weighted by atomic mass is 9.96. The molecule has 3 fully saturated rings. The number of allylic oxidation sites excluding steroid dienone is 4. The number of hydrogen-bond donors (Lipinski definition) is 12. The molecule has 19 heteroatoms. The lowest BCUT2D eigenvalue weighted by Gasteiger charge is -2.48. The Kier molecular flexibility index (Phi) is 48.1. The summed E-state index contributed by atoms with van der Waals surface area (Å²) in [6, 6.07) is -0.891. The Hall–Kier alpha value is -1.73. The number of carbonyl (C=O) groups excluding carboxylic acids is 1. The highest BCUT2D eigenvalue weighted by Crippen LogP contribution is 2.33. The van der Waals surface area contributed by atoms with Gasteiger partial charge in [-0.15, -0.1) is 0 Å². The number of aliphatic hydroxyl groups is 11. The molecule has 19 nitrogen and oxygen atoms in total. The van der Waals surface area contributed by atoms with Gasteiger partial charge in [-0.3, -0.25) is 4.79 Å². The van der Waals surface area contributed by atoms with Crippen LogP contribution in [0.1, 0.15) is 284 Å². The molecule has 1 amide bonds. The van der Waals surface area contributed by atoms with Crippen molar-refractivity contribution in [2.45, 2.75) is 388 Å². The van der Waals surface area contributed by atoms with Crippen LogP contribution in [-0.2, 0) is 33.2 Å². The van der Waals surface area contributed by atoms with Gasteiger partial charge in [0.1, 0.15) is 73.2 Å². The van der Waals surface area contributed by atoms with Crippen molar-refractivity contribution in [1.82, 2.24) is 5.32 Å². The zero-order chi connectivity index (χ0) is 64.7. The summed E-state index contributed by atoms with van der Waals surface area (Å²) in [5.74, 6) is -0.248. The van der Waals surface area contributed by atoms with Crippen LogP contribution in [0.4, 0.5) is 0 Å². The third kappa shape index (κ3) is 34.5. The molecule has 3 saturated heterocycles. The van der Waals surface area contributed by atoms with Crippen molar-refractivity contribution in [3.63, 3.8) is 0 Å². The van der Waals surface area contributed by atoms with Crippen molar-refractivity contribution >= 4 is 5.91 Å². The highest BCUT2D eigenvalue weighted by molar-refractivity contribution is 5.76. The predicted molar refractivity (Wildman–Crippen MR) is 346 cm³/mol. The SMILES string of the molecule is CCCCC/C=C\C/C=C\CCCCCCCCCC(=O)NC(COC1OC(CO)C(OC2OC(CO)C(OC3OC(CO)C(O)C(O)C3O)C(O)C2O)C(O)C1O)C(O)CCCCCCCCCCCCCCCCCCCCCCCCCCCCC. The monoisotopic (exact) mass is 1270 g/mol. The van der Waals surface area contributed by atoms with Crippen molar-refractivity contribution in [2.75, 3.05) is 26.4 Å². The molecular formula is C70H131NO18. The number of hydrogen-bond acceptors (Lipinski definition) is 18.